The molecule has 0 amide bonds. The van der Waals surface area contributed by atoms with Gasteiger partial charge >= 0.3 is 0 Å². The highest BCUT2D eigenvalue weighted by atomic mass is 16.1. The van der Waals surface area contributed by atoms with Crippen LogP contribution in [0.1, 0.15) is 106 Å². The third-order valence-electron chi connectivity index (χ3n) is 11.7. The Bertz CT molecular complexity index is 745. The summed E-state index contributed by atoms with van der Waals surface area (Å²) in [5.74, 6) is 5.43. The van der Waals surface area contributed by atoms with Crippen LogP contribution in [0.3, 0.4) is 0 Å². The first kappa shape index (κ1) is 20.3. The van der Waals surface area contributed by atoms with Crippen LogP contribution in [-0.4, -0.2) is 5.78 Å². The number of Topliss-reactive ketones (excluding diaryl/α,β-unsaturated/α-hetero) is 1. The molecule has 8 unspecified atom stereocenters. The zero-order valence-corrected chi connectivity index (χ0v) is 19.9. The summed E-state index contributed by atoms with van der Waals surface area (Å²) in [5, 5.41) is 0. The standard InChI is InChI=1S/C28H44O/c1-17(2)20-10-15-28(19(4)29)16-12-23-21(25(20)28)7-8-24-26(5)13-9-18(3)22(26)11-14-27(23,24)6/h17-18,21-24H,7-16H2,1-6H3. The Morgan fingerprint density at radius 3 is 2.24 bits per heavy atom. The van der Waals surface area contributed by atoms with Crippen molar-refractivity contribution in [2.45, 2.75) is 106 Å². The van der Waals surface area contributed by atoms with E-state index in [1.807, 2.05) is 6.92 Å². The maximum absolute atomic E-state index is 13.0. The topological polar surface area (TPSA) is 17.1 Å². The molecule has 0 N–H and O–H groups in total. The third kappa shape index (κ3) is 2.48. The number of rotatable bonds is 2. The van der Waals surface area contributed by atoms with E-state index < -0.39 is 0 Å². The Kier molecular flexibility index (Phi) is 4.53. The Morgan fingerprint density at radius 1 is 0.897 bits per heavy atom. The summed E-state index contributed by atoms with van der Waals surface area (Å²) in [4.78, 5) is 13.0. The summed E-state index contributed by atoms with van der Waals surface area (Å²) in [7, 11) is 0. The summed E-state index contributed by atoms with van der Waals surface area (Å²) >= 11 is 0. The maximum atomic E-state index is 13.0. The highest BCUT2D eigenvalue weighted by molar-refractivity contribution is 5.87. The lowest BCUT2D eigenvalue weighted by atomic mass is 9.40. The molecule has 4 fully saturated rings. The summed E-state index contributed by atoms with van der Waals surface area (Å²) in [6.07, 6.45) is 13.4. The van der Waals surface area contributed by atoms with Gasteiger partial charge in [0, 0.05) is 0 Å². The maximum Gasteiger partial charge on any atom is 0.140 e. The van der Waals surface area contributed by atoms with E-state index >= 15 is 0 Å². The lowest BCUT2D eigenvalue weighted by molar-refractivity contribution is -0.142. The van der Waals surface area contributed by atoms with Gasteiger partial charge in [-0.1, -0.05) is 45.8 Å². The fourth-order valence-electron chi connectivity index (χ4n) is 10.3. The van der Waals surface area contributed by atoms with Crippen LogP contribution >= 0.6 is 0 Å². The van der Waals surface area contributed by atoms with Gasteiger partial charge in [0.05, 0.1) is 5.41 Å². The van der Waals surface area contributed by atoms with E-state index in [1.54, 1.807) is 11.1 Å². The molecule has 0 aliphatic heterocycles. The molecule has 0 aromatic rings. The Balaban J connectivity index is 1.56. The SMILES string of the molecule is CC(=O)C12CCC(C(C)C)=C1C1CCC3C4(C)CCC(C)C4CCC3(C)C1CC2. The molecule has 5 rings (SSSR count). The van der Waals surface area contributed by atoms with Gasteiger partial charge < -0.3 is 0 Å². The van der Waals surface area contributed by atoms with Crippen molar-refractivity contribution in [3.05, 3.63) is 11.1 Å². The van der Waals surface area contributed by atoms with Gasteiger partial charge in [-0.05, 0) is 117 Å². The average molecular weight is 397 g/mol. The Morgan fingerprint density at radius 2 is 1.55 bits per heavy atom. The van der Waals surface area contributed by atoms with Crippen molar-refractivity contribution in [1.29, 1.82) is 0 Å². The first-order valence-corrected chi connectivity index (χ1v) is 12.9. The van der Waals surface area contributed by atoms with Crippen molar-refractivity contribution in [2.24, 2.45) is 51.8 Å². The molecular weight excluding hydrogens is 352 g/mol. The second kappa shape index (κ2) is 6.46. The summed E-state index contributed by atoms with van der Waals surface area (Å²) in [6.45, 7) is 14.6. The van der Waals surface area contributed by atoms with Crippen LogP contribution in [0.2, 0.25) is 0 Å². The second-order valence-electron chi connectivity index (χ2n) is 12.8. The van der Waals surface area contributed by atoms with Crippen LogP contribution in [-0.2, 0) is 4.79 Å². The minimum Gasteiger partial charge on any atom is -0.299 e. The quantitative estimate of drug-likeness (QED) is 0.439. The zero-order valence-electron chi connectivity index (χ0n) is 19.9. The number of fused-ring (bicyclic) bond motifs is 7. The van der Waals surface area contributed by atoms with Gasteiger partial charge in [0.25, 0.3) is 0 Å². The van der Waals surface area contributed by atoms with E-state index in [0.29, 0.717) is 28.4 Å². The first-order chi connectivity index (χ1) is 13.6. The van der Waals surface area contributed by atoms with Crippen molar-refractivity contribution in [3.63, 3.8) is 0 Å². The van der Waals surface area contributed by atoms with Gasteiger partial charge in [0.2, 0.25) is 0 Å². The smallest absolute Gasteiger partial charge is 0.140 e. The van der Waals surface area contributed by atoms with Gasteiger partial charge in [0.1, 0.15) is 5.78 Å². The Hall–Kier alpha value is -0.590. The van der Waals surface area contributed by atoms with Crippen LogP contribution in [0.4, 0.5) is 0 Å². The highest BCUT2D eigenvalue weighted by Gasteiger charge is 2.64. The molecule has 0 saturated heterocycles. The lowest BCUT2D eigenvalue weighted by Gasteiger charge is -2.64. The van der Waals surface area contributed by atoms with Gasteiger partial charge in [-0.2, -0.15) is 0 Å². The summed E-state index contributed by atoms with van der Waals surface area (Å²) in [5.41, 5.74) is 4.37. The van der Waals surface area contributed by atoms with Crippen LogP contribution in [0, 0.1) is 51.8 Å². The molecule has 0 aromatic heterocycles. The average Bonchev–Trinajstić information content (AvgIpc) is 3.20. The zero-order chi connectivity index (χ0) is 20.8. The number of hydrogen-bond donors (Lipinski definition) is 0. The van der Waals surface area contributed by atoms with Gasteiger partial charge in [-0.3, -0.25) is 4.79 Å². The van der Waals surface area contributed by atoms with Crippen LogP contribution in [0.25, 0.3) is 0 Å². The second-order valence-corrected chi connectivity index (χ2v) is 12.8. The predicted octanol–water partition coefficient (Wildman–Crippen LogP) is 7.60. The lowest BCUT2D eigenvalue weighted by Crippen LogP contribution is -2.57. The van der Waals surface area contributed by atoms with Gasteiger partial charge in [-0.25, -0.2) is 0 Å². The molecule has 162 valence electrons. The summed E-state index contributed by atoms with van der Waals surface area (Å²) in [6, 6.07) is 0. The molecule has 8 atom stereocenters. The molecule has 29 heavy (non-hydrogen) atoms. The van der Waals surface area contributed by atoms with E-state index in [2.05, 4.69) is 34.6 Å². The molecule has 0 spiro atoms. The molecule has 0 bridgehead atoms. The van der Waals surface area contributed by atoms with Crippen molar-refractivity contribution < 1.29 is 4.79 Å². The fourth-order valence-corrected chi connectivity index (χ4v) is 10.3. The Labute approximate surface area is 179 Å². The minimum absolute atomic E-state index is 0.0764. The number of carbonyl (C=O) groups excluding carboxylic acids is 1. The van der Waals surface area contributed by atoms with Crippen molar-refractivity contribution in [1.82, 2.24) is 0 Å². The predicted molar refractivity (Wildman–Crippen MR) is 120 cm³/mol. The molecule has 1 nitrogen and oxygen atoms in total. The van der Waals surface area contributed by atoms with Gasteiger partial charge in [-0.15, -0.1) is 0 Å². The molecule has 0 radical (unpaired) electrons. The monoisotopic (exact) mass is 396 g/mol. The van der Waals surface area contributed by atoms with E-state index in [-0.39, 0.29) is 5.41 Å². The van der Waals surface area contributed by atoms with E-state index in [4.69, 9.17) is 0 Å². The number of carbonyl (C=O) groups is 1. The third-order valence-corrected chi connectivity index (χ3v) is 11.7. The van der Waals surface area contributed by atoms with Crippen LogP contribution < -0.4 is 0 Å². The normalized spacial score (nSPS) is 51.5. The molecular formula is C28H44O. The fraction of sp³-hybridized carbons (Fsp3) is 0.893. The number of hydrogen-bond acceptors (Lipinski definition) is 1. The molecule has 5 aliphatic carbocycles. The van der Waals surface area contributed by atoms with Crippen molar-refractivity contribution in [2.75, 3.05) is 0 Å². The molecule has 0 aromatic carbocycles. The molecule has 4 saturated carbocycles. The first-order valence-electron chi connectivity index (χ1n) is 12.9. The van der Waals surface area contributed by atoms with Gasteiger partial charge in [0.15, 0.2) is 0 Å². The largest absolute Gasteiger partial charge is 0.299 e. The van der Waals surface area contributed by atoms with E-state index in [0.717, 1.165) is 36.5 Å². The minimum atomic E-state index is -0.0764. The van der Waals surface area contributed by atoms with Crippen molar-refractivity contribution >= 4 is 5.78 Å². The van der Waals surface area contributed by atoms with E-state index in [9.17, 15) is 4.79 Å². The molecule has 1 heteroatoms. The van der Waals surface area contributed by atoms with Crippen LogP contribution in [0.5, 0.6) is 0 Å². The van der Waals surface area contributed by atoms with Crippen molar-refractivity contribution in [3.8, 4) is 0 Å². The van der Waals surface area contributed by atoms with Crippen LogP contribution in [0.15, 0.2) is 11.1 Å². The highest BCUT2D eigenvalue weighted by Crippen LogP contribution is 2.72. The van der Waals surface area contributed by atoms with E-state index in [1.165, 1.54) is 51.4 Å². The molecule has 0 heterocycles. The number of allylic oxidation sites excluding steroid dienone is 2. The summed E-state index contributed by atoms with van der Waals surface area (Å²) < 4.78 is 0. The molecule has 5 aliphatic rings. The number of ketones is 1.